The Morgan fingerprint density at radius 3 is 2.48 bits per heavy atom. The van der Waals surface area contributed by atoms with Gasteiger partial charge in [0.2, 0.25) is 15.9 Å². The number of nitrogens with one attached hydrogen (secondary N) is 3. The molecule has 0 unspecified atom stereocenters. The molecule has 0 aliphatic heterocycles. The lowest BCUT2D eigenvalue weighted by Gasteiger charge is -2.21. The largest absolute Gasteiger partial charge is 0.497 e. The van der Waals surface area contributed by atoms with Crippen molar-refractivity contribution >= 4 is 26.8 Å². The summed E-state index contributed by atoms with van der Waals surface area (Å²) >= 11 is 0. The van der Waals surface area contributed by atoms with Crippen LogP contribution in [0.1, 0.15) is 25.0 Å². The molecule has 3 aromatic rings. The molecule has 7 nitrogen and oxygen atoms in total. The number of amides is 1. The van der Waals surface area contributed by atoms with Gasteiger partial charge in [0.1, 0.15) is 11.8 Å². The van der Waals surface area contributed by atoms with Crippen molar-refractivity contribution in [1.29, 1.82) is 0 Å². The average Bonchev–Trinajstić information content (AvgIpc) is 3.13. The van der Waals surface area contributed by atoms with Crippen LogP contribution in [0.15, 0.2) is 53.6 Å². The maximum Gasteiger partial charge on any atom is 0.241 e. The van der Waals surface area contributed by atoms with E-state index in [0.717, 1.165) is 16.5 Å². The van der Waals surface area contributed by atoms with Crippen molar-refractivity contribution in [2.24, 2.45) is 5.92 Å². The molecule has 166 valence electrons. The Labute approximate surface area is 183 Å². The van der Waals surface area contributed by atoms with E-state index in [4.69, 9.17) is 4.74 Å². The van der Waals surface area contributed by atoms with Crippen LogP contribution in [0.4, 0.5) is 0 Å². The summed E-state index contributed by atoms with van der Waals surface area (Å²) in [7, 11) is -2.33. The number of sulfonamides is 1. The number of carbonyl (C=O) groups excluding carboxylic acids is 1. The van der Waals surface area contributed by atoms with Crippen molar-refractivity contribution in [2.75, 3.05) is 13.7 Å². The summed E-state index contributed by atoms with van der Waals surface area (Å²) in [6.07, 6.45) is 2.59. The number of aryl methyl sites for hydroxylation is 1. The normalized spacial score (nSPS) is 12.8. The van der Waals surface area contributed by atoms with Crippen LogP contribution >= 0.6 is 0 Å². The molecular formula is C23H29N3O4S. The van der Waals surface area contributed by atoms with Gasteiger partial charge in [0.05, 0.1) is 12.0 Å². The van der Waals surface area contributed by atoms with Crippen LogP contribution in [0.5, 0.6) is 5.75 Å². The SMILES string of the molecule is COc1ccc(S(=O)(=O)N[C@H](C(=O)NCCc2c[nH]c3cc(C)ccc23)C(C)C)cc1. The summed E-state index contributed by atoms with van der Waals surface area (Å²) in [6, 6.07) is 11.4. The highest BCUT2D eigenvalue weighted by atomic mass is 32.2. The van der Waals surface area contributed by atoms with E-state index in [1.54, 1.807) is 12.1 Å². The molecule has 3 rings (SSSR count). The number of methoxy groups -OCH3 is 1. The van der Waals surface area contributed by atoms with Crippen molar-refractivity contribution in [3.8, 4) is 5.75 Å². The Balaban J connectivity index is 1.64. The minimum atomic E-state index is -3.85. The van der Waals surface area contributed by atoms with Gasteiger partial charge in [0.25, 0.3) is 0 Å². The molecule has 1 aromatic heterocycles. The number of rotatable bonds is 9. The number of hydrogen-bond acceptors (Lipinski definition) is 4. The molecule has 1 amide bonds. The topological polar surface area (TPSA) is 100 Å². The lowest BCUT2D eigenvalue weighted by Crippen LogP contribution is -2.49. The molecule has 0 radical (unpaired) electrons. The second-order valence-electron chi connectivity index (χ2n) is 7.92. The van der Waals surface area contributed by atoms with Gasteiger partial charge in [-0.2, -0.15) is 4.72 Å². The van der Waals surface area contributed by atoms with Gasteiger partial charge >= 0.3 is 0 Å². The minimum absolute atomic E-state index is 0.0841. The monoisotopic (exact) mass is 443 g/mol. The lowest BCUT2D eigenvalue weighted by atomic mass is 10.0. The minimum Gasteiger partial charge on any atom is -0.497 e. The van der Waals surface area contributed by atoms with E-state index in [1.165, 1.54) is 24.8 Å². The highest BCUT2D eigenvalue weighted by molar-refractivity contribution is 7.89. The third-order valence-corrected chi connectivity index (χ3v) is 6.67. The number of aromatic nitrogens is 1. The number of ether oxygens (including phenoxy) is 1. The molecule has 1 atom stereocenters. The fraction of sp³-hybridized carbons (Fsp3) is 0.348. The third-order valence-electron chi connectivity index (χ3n) is 5.22. The molecule has 0 saturated carbocycles. The summed E-state index contributed by atoms with van der Waals surface area (Å²) in [6.45, 7) is 6.07. The molecule has 0 aliphatic rings. The van der Waals surface area contributed by atoms with Gasteiger partial charge in [-0.15, -0.1) is 0 Å². The van der Waals surface area contributed by atoms with Gasteiger partial charge in [-0.05, 0) is 60.7 Å². The summed E-state index contributed by atoms with van der Waals surface area (Å²) in [5.74, 6) is -0.00333. The first-order valence-electron chi connectivity index (χ1n) is 10.2. The zero-order chi connectivity index (χ0) is 22.6. The molecule has 0 aliphatic carbocycles. The fourth-order valence-corrected chi connectivity index (χ4v) is 4.76. The van der Waals surface area contributed by atoms with E-state index in [0.29, 0.717) is 18.7 Å². The lowest BCUT2D eigenvalue weighted by molar-refractivity contribution is -0.123. The van der Waals surface area contributed by atoms with E-state index in [-0.39, 0.29) is 16.7 Å². The highest BCUT2D eigenvalue weighted by Gasteiger charge is 2.28. The second-order valence-corrected chi connectivity index (χ2v) is 9.64. The van der Waals surface area contributed by atoms with E-state index in [1.807, 2.05) is 27.0 Å². The Kier molecular flexibility index (Phi) is 7.02. The first kappa shape index (κ1) is 22.8. The molecule has 8 heteroatoms. The van der Waals surface area contributed by atoms with E-state index >= 15 is 0 Å². The Morgan fingerprint density at radius 1 is 1.13 bits per heavy atom. The van der Waals surface area contributed by atoms with Crippen molar-refractivity contribution in [3.63, 3.8) is 0 Å². The molecular weight excluding hydrogens is 414 g/mol. The van der Waals surface area contributed by atoms with Crippen LogP contribution in [0.3, 0.4) is 0 Å². The van der Waals surface area contributed by atoms with Gasteiger partial charge < -0.3 is 15.0 Å². The molecule has 0 spiro atoms. The maximum atomic E-state index is 12.8. The van der Waals surface area contributed by atoms with Gasteiger partial charge in [-0.3, -0.25) is 4.79 Å². The zero-order valence-corrected chi connectivity index (χ0v) is 19.0. The standard InChI is InChI=1S/C23H29N3O4S/c1-15(2)22(26-31(28,29)19-8-6-18(30-4)7-9-19)23(27)24-12-11-17-14-25-21-13-16(3)5-10-20(17)21/h5-10,13-15,22,25-26H,11-12H2,1-4H3,(H,24,27)/t22-/m0/s1. The number of hydrogen-bond donors (Lipinski definition) is 3. The van der Waals surface area contributed by atoms with E-state index in [2.05, 4.69) is 33.2 Å². The average molecular weight is 444 g/mol. The second kappa shape index (κ2) is 9.53. The Morgan fingerprint density at radius 2 is 1.84 bits per heavy atom. The summed E-state index contributed by atoms with van der Waals surface area (Å²) < 4.78 is 33.1. The molecule has 0 bridgehead atoms. The molecule has 31 heavy (non-hydrogen) atoms. The van der Waals surface area contributed by atoms with Crippen molar-refractivity contribution in [3.05, 3.63) is 59.8 Å². The quantitative estimate of drug-likeness (QED) is 0.473. The van der Waals surface area contributed by atoms with Gasteiger partial charge in [-0.1, -0.05) is 26.0 Å². The predicted molar refractivity (Wildman–Crippen MR) is 122 cm³/mol. The summed E-state index contributed by atoms with van der Waals surface area (Å²) in [5, 5.41) is 4.00. The summed E-state index contributed by atoms with van der Waals surface area (Å²) in [4.78, 5) is 16.1. The number of aromatic amines is 1. The maximum absolute atomic E-state index is 12.8. The summed E-state index contributed by atoms with van der Waals surface area (Å²) in [5.41, 5.74) is 3.35. The number of benzene rings is 2. The van der Waals surface area contributed by atoms with Crippen LogP contribution < -0.4 is 14.8 Å². The van der Waals surface area contributed by atoms with Crippen LogP contribution in [0.25, 0.3) is 10.9 Å². The van der Waals surface area contributed by atoms with Crippen LogP contribution in [0.2, 0.25) is 0 Å². The van der Waals surface area contributed by atoms with Crippen molar-refractivity contribution in [1.82, 2.24) is 15.0 Å². The first-order chi connectivity index (χ1) is 14.7. The molecule has 3 N–H and O–H groups in total. The molecule has 0 fully saturated rings. The molecule has 0 saturated heterocycles. The van der Waals surface area contributed by atoms with Gasteiger partial charge in [-0.25, -0.2) is 8.42 Å². The van der Waals surface area contributed by atoms with Gasteiger partial charge in [0.15, 0.2) is 0 Å². The van der Waals surface area contributed by atoms with Gasteiger partial charge in [0, 0.05) is 23.6 Å². The van der Waals surface area contributed by atoms with Crippen LogP contribution in [-0.2, 0) is 21.2 Å². The molecule has 1 heterocycles. The van der Waals surface area contributed by atoms with Crippen LogP contribution in [0, 0.1) is 12.8 Å². The number of fused-ring (bicyclic) bond motifs is 1. The fourth-order valence-electron chi connectivity index (χ4n) is 3.42. The number of H-pyrrole nitrogens is 1. The number of carbonyl (C=O) groups is 1. The van der Waals surface area contributed by atoms with Crippen LogP contribution in [-0.4, -0.2) is 39.0 Å². The molecule has 2 aromatic carbocycles. The highest BCUT2D eigenvalue weighted by Crippen LogP contribution is 2.20. The first-order valence-corrected chi connectivity index (χ1v) is 11.7. The zero-order valence-electron chi connectivity index (χ0n) is 18.2. The van der Waals surface area contributed by atoms with E-state index in [9.17, 15) is 13.2 Å². The Bertz CT molecular complexity index is 1150. The van der Waals surface area contributed by atoms with E-state index < -0.39 is 16.1 Å². The predicted octanol–water partition coefficient (Wildman–Crippen LogP) is 3.15. The van der Waals surface area contributed by atoms with Crippen molar-refractivity contribution in [2.45, 2.75) is 38.1 Å². The smallest absolute Gasteiger partial charge is 0.241 e. The third kappa shape index (κ3) is 5.45. The van der Waals surface area contributed by atoms with Crippen molar-refractivity contribution < 1.29 is 17.9 Å². The Hall–Kier alpha value is -2.84.